The van der Waals surface area contributed by atoms with Gasteiger partial charge in [0, 0.05) is 11.6 Å². The Morgan fingerprint density at radius 3 is 2.50 bits per heavy atom. The maximum atomic E-state index is 4.31. The summed E-state index contributed by atoms with van der Waals surface area (Å²) in [6, 6.07) is 13.7. The third-order valence-electron chi connectivity index (χ3n) is 2.45. The van der Waals surface area contributed by atoms with Crippen LogP contribution in [0.5, 0.6) is 0 Å². The first-order chi connectivity index (χ1) is 7.95. The molecule has 0 amide bonds. The molecule has 3 aromatic rings. The molecule has 0 aliphatic rings. The summed E-state index contributed by atoms with van der Waals surface area (Å²) in [5.74, 6) is 0. The van der Waals surface area contributed by atoms with Gasteiger partial charge in [-0.1, -0.05) is 24.3 Å². The number of benzene rings is 1. The van der Waals surface area contributed by atoms with Gasteiger partial charge in [0.2, 0.25) is 0 Å². The summed E-state index contributed by atoms with van der Waals surface area (Å²) in [5.41, 5.74) is 2.70. The minimum atomic E-state index is 0.876. The average Bonchev–Trinajstić information content (AvgIpc) is 2.39. The minimum Gasteiger partial charge on any atom is -0.255 e. The van der Waals surface area contributed by atoms with Crippen LogP contribution in [0, 0.1) is 0 Å². The van der Waals surface area contributed by atoms with Gasteiger partial charge in [-0.15, -0.1) is 0 Å². The van der Waals surface area contributed by atoms with Crippen molar-refractivity contribution >= 4 is 10.9 Å². The molecule has 0 saturated carbocycles. The third-order valence-corrected chi connectivity index (χ3v) is 2.45. The monoisotopic (exact) mass is 207 g/mol. The van der Waals surface area contributed by atoms with Gasteiger partial charge in [-0.05, 0) is 18.2 Å². The molecule has 0 bridgehead atoms. The topological polar surface area (TPSA) is 38.7 Å². The molecule has 0 unspecified atom stereocenters. The lowest BCUT2D eigenvalue weighted by Crippen LogP contribution is -1.90. The Morgan fingerprint density at radius 2 is 1.62 bits per heavy atom. The maximum absolute atomic E-state index is 4.31. The fourth-order valence-electron chi connectivity index (χ4n) is 1.71. The number of para-hydroxylation sites is 1. The number of rotatable bonds is 1. The van der Waals surface area contributed by atoms with Crippen LogP contribution in [-0.4, -0.2) is 15.0 Å². The molecule has 3 nitrogen and oxygen atoms in total. The highest BCUT2D eigenvalue weighted by molar-refractivity contribution is 5.90. The SMILES string of the molecule is c1ccc(-c2ncnc3ccccc23)nc1. The predicted molar refractivity (Wildman–Crippen MR) is 62.8 cm³/mol. The zero-order chi connectivity index (χ0) is 10.8. The molecule has 0 fully saturated rings. The van der Waals surface area contributed by atoms with E-state index < -0.39 is 0 Å². The summed E-state index contributed by atoms with van der Waals surface area (Å²) in [5, 5.41) is 1.03. The minimum absolute atomic E-state index is 0.876. The highest BCUT2D eigenvalue weighted by Crippen LogP contribution is 2.22. The molecule has 0 radical (unpaired) electrons. The van der Waals surface area contributed by atoms with Crippen LogP contribution in [0.3, 0.4) is 0 Å². The Hall–Kier alpha value is -2.29. The van der Waals surface area contributed by atoms with Crippen molar-refractivity contribution in [2.24, 2.45) is 0 Å². The summed E-state index contributed by atoms with van der Waals surface area (Å²) in [6.07, 6.45) is 3.35. The van der Waals surface area contributed by atoms with Crippen molar-refractivity contribution in [3.63, 3.8) is 0 Å². The van der Waals surface area contributed by atoms with E-state index in [4.69, 9.17) is 0 Å². The molecule has 0 atom stereocenters. The molecule has 0 aliphatic carbocycles. The summed E-state index contributed by atoms with van der Waals surface area (Å²) in [7, 11) is 0. The van der Waals surface area contributed by atoms with Crippen LogP contribution >= 0.6 is 0 Å². The van der Waals surface area contributed by atoms with E-state index in [2.05, 4.69) is 15.0 Å². The fourth-order valence-corrected chi connectivity index (χ4v) is 1.71. The average molecular weight is 207 g/mol. The molecule has 0 saturated heterocycles. The lowest BCUT2D eigenvalue weighted by Gasteiger charge is -2.03. The van der Waals surface area contributed by atoms with E-state index in [9.17, 15) is 0 Å². The van der Waals surface area contributed by atoms with Crippen LogP contribution < -0.4 is 0 Å². The molecule has 76 valence electrons. The third kappa shape index (κ3) is 1.42. The highest BCUT2D eigenvalue weighted by atomic mass is 14.9. The van der Waals surface area contributed by atoms with Crippen LogP contribution in [0.2, 0.25) is 0 Å². The van der Waals surface area contributed by atoms with Crippen molar-refractivity contribution in [2.75, 3.05) is 0 Å². The van der Waals surface area contributed by atoms with Crippen molar-refractivity contribution in [3.05, 3.63) is 55.0 Å². The van der Waals surface area contributed by atoms with E-state index in [1.54, 1.807) is 12.5 Å². The van der Waals surface area contributed by atoms with Crippen LogP contribution in [0.25, 0.3) is 22.3 Å². The summed E-state index contributed by atoms with van der Waals surface area (Å²) in [6.45, 7) is 0. The molecule has 0 N–H and O–H groups in total. The van der Waals surface area contributed by atoms with E-state index in [0.29, 0.717) is 0 Å². The van der Waals surface area contributed by atoms with Gasteiger partial charge in [-0.25, -0.2) is 9.97 Å². The molecular formula is C13H9N3. The number of hydrogen-bond donors (Lipinski definition) is 0. The highest BCUT2D eigenvalue weighted by Gasteiger charge is 2.05. The van der Waals surface area contributed by atoms with Gasteiger partial charge in [0.25, 0.3) is 0 Å². The van der Waals surface area contributed by atoms with E-state index in [-0.39, 0.29) is 0 Å². The van der Waals surface area contributed by atoms with E-state index in [1.807, 2.05) is 42.5 Å². The summed E-state index contributed by atoms with van der Waals surface area (Å²) in [4.78, 5) is 12.8. The van der Waals surface area contributed by atoms with Crippen molar-refractivity contribution in [3.8, 4) is 11.4 Å². The van der Waals surface area contributed by atoms with Crippen LogP contribution in [0.1, 0.15) is 0 Å². The molecule has 3 heteroatoms. The first-order valence-electron chi connectivity index (χ1n) is 5.06. The number of hydrogen-bond acceptors (Lipinski definition) is 3. The summed E-state index contributed by atoms with van der Waals surface area (Å²) >= 11 is 0. The Morgan fingerprint density at radius 1 is 0.750 bits per heavy atom. The van der Waals surface area contributed by atoms with Gasteiger partial charge >= 0.3 is 0 Å². The van der Waals surface area contributed by atoms with Gasteiger partial charge < -0.3 is 0 Å². The second kappa shape index (κ2) is 3.70. The number of fused-ring (bicyclic) bond motifs is 1. The Labute approximate surface area is 92.8 Å². The molecule has 2 aromatic heterocycles. The second-order valence-electron chi connectivity index (χ2n) is 3.45. The Kier molecular flexibility index (Phi) is 2.07. The fraction of sp³-hybridized carbons (Fsp3) is 0. The number of pyridine rings is 1. The van der Waals surface area contributed by atoms with Crippen molar-refractivity contribution in [1.29, 1.82) is 0 Å². The van der Waals surface area contributed by atoms with Gasteiger partial charge in [-0.3, -0.25) is 4.98 Å². The molecule has 0 spiro atoms. The van der Waals surface area contributed by atoms with E-state index in [1.165, 1.54) is 0 Å². The summed E-state index contributed by atoms with van der Waals surface area (Å²) < 4.78 is 0. The number of nitrogens with zero attached hydrogens (tertiary/aromatic N) is 3. The van der Waals surface area contributed by atoms with E-state index >= 15 is 0 Å². The smallest absolute Gasteiger partial charge is 0.116 e. The van der Waals surface area contributed by atoms with Gasteiger partial charge in [0.1, 0.15) is 6.33 Å². The normalized spacial score (nSPS) is 10.5. The molecule has 16 heavy (non-hydrogen) atoms. The first kappa shape index (κ1) is 8.97. The lowest BCUT2D eigenvalue weighted by atomic mass is 10.1. The first-order valence-corrected chi connectivity index (χ1v) is 5.06. The molecule has 2 heterocycles. The van der Waals surface area contributed by atoms with E-state index in [0.717, 1.165) is 22.3 Å². The Balaban J connectivity index is 2.32. The Bertz CT molecular complexity index is 615. The van der Waals surface area contributed by atoms with Crippen LogP contribution in [0.4, 0.5) is 0 Å². The van der Waals surface area contributed by atoms with Gasteiger partial charge in [-0.2, -0.15) is 0 Å². The van der Waals surface area contributed by atoms with Crippen LogP contribution in [0.15, 0.2) is 55.0 Å². The predicted octanol–water partition coefficient (Wildman–Crippen LogP) is 2.69. The standard InChI is InChI=1S/C13H9N3/c1-2-6-11-10(5-1)13(16-9-15-11)12-7-3-4-8-14-12/h1-9H. The van der Waals surface area contributed by atoms with Crippen molar-refractivity contribution in [1.82, 2.24) is 15.0 Å². The quantitative estimate of drug-likeness (QED) is 0.615. The molecule has 1 aromatic carbocycles. The molecule has 0 aliphatic heterocycles. The maximum Gasteiger partial charge on any atom is 0.116 e. The van der Waals surface area contributed by atoms with Crippen LogP contribution in [-0.2, 0) is 0 Å². The van der Waals surface area contributed by atoms with Gasteiger partial charge in [0.05, 0.1) is 16.9 Å². The zero-order valence-electron chi connectivity index (χ0n) is 8.54. The largest absolute Gasteiger partial charge is 0.255 e. The number of aromatic nitrogens is 3. The lowest BCUT2D eigenvalue weighted by molar-refractivity contribution is 1.20. The second-order valence-corrected chi connectivity index (χ2v) is 3.45. The molecule has 3 rings (SSSR count). The van der Waals surface area contributed by atoms with Crippen molar-refractivity contribution < 1.29 is 0 Å². The van der Waals surface area contributed by atoms with Gasteiger partial charge in [0.15, 0.2) is 0 Å². The van der Waals surface area contributed by atoms with Crippen molar-refractivity contribution in [2.45, 2.75) is 0 Å². The molecular weight excluding hydrogens is 198 g/mol. The zero-order valence-corrected chi connectivity index (χ0v) is 8.54.